The van der Waals surface area contributed by atoms with Gasteiger partial charge in [-0.25, -0.2) is 8.42 Å². The summed E-state index contributed by atoms with van der Waals surface area (Å²) in [5.74, 6) is -0.526. The van der Waals surface area contributed by atoms with E-state index in [1.54, 1.807) is 18.2 Å². The van der Waals surface area contributed by atoms with Gasteiger partial charge in [-0.05, 0) is 59.7 Å². The molecule has 4 aromatic rings. The van der Waals surface area contributed by atoms with Crippen LogP contribution in [0.5, 0.6) is 0 Å². The predicted molar refractivity (Wildman–Crippen MR) is 134 cm³/mol. The average molecular weight is 488 g/mol. The Balaban J connectivity index is 1.49. The zero-order chi connectivity index (χ0) is 24.6. The van der Waals surface area contributed by atoms with Crippen LogP contribution in [-0.4, -0.2) is 25.8 Å². The molecule has 0 heterocycles. The molecular formula is C26H21N3O5S. The van der Waals surface area contributed by atoms with E-state index >= 15 is 0 Å². The number of nitrogens with zero attached hydrogens (tertiary/aromatic N) is 2. The first kappa shape index (κ1) is 22.5. The minimum Gasteiger partial charge on any atom is -0.324 e. The molecule has 9 heteroatoms. The Bertz CT molecular complexity index is 1540. The van der Waals surface area contributed by atoms with Crippen LogP contribution >= 0.6 is 0 Å². The quantitative estimate of drug-likeness (QED) is 0.301. The predicted octanol–water partition coefficient (Wildman–Crippen LogP) is 4.68. The number of sulfonamides is 1. The van der Waals surface area contributed by atoms with E-state index in [1.807, 2.05) is 24.3 Å². The monoisotopic (exact) mass is 487 g/mol. The maximum absolute atomic E-state index is 13.5. The fourth-order valence-corrected chi connectivity index (χ4v) is 5.89. The number of rotatable bonds is 7. The molecule has 0 aliphatic heterocycles. The fraction of sp³-hybridized carbons (Fsp3) is 0.115. The fourth-order valence-electron chi connectivity index (χ4n) is 4.45. The Labute approximate surface area is 202 Å². The molecule has 1 aliphatic rings. The minimum absolute atomic E-state index is 0.0106. The van der Waals surface area contributed by atoms with E-state index in [2.05, 4.69) is 11.4 Å². The highest BCUT2D eigenvalue weighted by atomic mass is 32.2. The number of hydrogen-bond donors (Lipinski definition) is 1. The van der Waals surface area contributed by atoms with Crippen molar-refractivity contribution in [2.24, 2.45) is 0 Å². The molecule has 0 bridgehead atoms. The molecule has 5 rings (SSSR count). The topological polar surface area (TPSA) is 110 Å². The number of amides is 1. The van der Waals surface area contributed by atoms with E-state index in [1.165, 1.54) is 47.5 Å². The Morgan fingerprint density at radius 2 is 1.57 bits per heavy atom. The van der Waals surface area contributed by atoms with Crippen LogP contribution in [0.15, 0.2) is 89.8 Å². The molecule has 1 aliphatic carbocycles. The second-order valence-electron chi connectivity index (χ2n) is 8.26. The summed E-state index contributed by atoms with van der Waals surface area (Å²) < 4.78 is 27.9. The van der Waals surface area contributed by atoms with Crippen molar-refractivity contribution >= 4 is 43.8 Å². The molecule has 8 nitrogen and oxygen atoms in total. The standard InChI is InChI=1S/C26H21N3O5S/c30-25(27-24-16-11-19-10-9-18-5-4-8-23(24)26(18)19)17-28(20-12-14-21(15-13-20)29(31)32)35(33,34)22-6-2-1-3-7-22/h1-8,11-16H,9-10,17H2,(H,27,30). The number of anilines is 2. The van der Waals surface area contributed by atoms with Crippen LogP contribution in [0.2, 0.25) is 0 Å². The molecule has 0 atom stereocenters. The second-order valence-corrected chi connectivity index (χ2v) is 10.1. The van der Waals surface area contributed by atoms with E-state index in [0.717, 1.165) is 27.9 Å². The highest BCUT2D eigenvalue weighted by Gasteiger charge is 2.28. The van der Waals surface area contributed by atoms with Gasteiger partial charge < -0.3 is 5.32 Å². The van der Waals surface area contributed by atoms with Crippen molar-refractivity contribution in [3.8, 4) is 0 Å². The van der Waals surface area contributed by atoms with Crippen LogP contribution in [0, 0.1) is 10.1 Å². The summed E-state index contributed by atoms with van der Waals surface area (Å²) in [6, 6.07) is 22.6. The summed E-state index contributed by atoms with van der Waals surface area (Å²) in [6.45, 7) is -0.502. The van der Waals surface area contributed by atoms with E-state index in [-0.39, 0.29) is 16.3 Å². The molecule has 1 amide bonds. The number of non-ortho nitro benzene ring substituents is 1. The number of hydrogen-bond acceptors (Lipinski definition) is 5. The zero-order valence-electron chi connectivity index (χ0n) is 18.5. The van der Waals surface area contributed by atoms with Crippen LogP contribution in [-0.2, 0) is 27.7 Å². The molecule has 0 saturated heterocycles. The van der Waals surface area contributed by atoms with Crippen molar-refractivity contribution in [2.45, 2.75) is 17.7 Å². The first-order valence-electron chi connectivity index (χ1n) is 11.0. The number of carbonyl (C=O) groups excluding carboxylic acids is 1. The van der Waals surface area contributed by atoms with Crippen molar-refractivity contribution in [3.05, 3.63) is 106 Å². The van der Waals surface area contributed by atoms with Gasteiger partial charge in [0.05, 0.1) is 15.5 Å². The molecule has 176 valence electrons. The lowest BCUT2D eigenvalue weighted by atomic mass is 10.0. The molecule has 35 heavy (non-hydrogen) atoms. The third-order valence-electron chi connectivity index (χ3n) is 6.12. The third kappa shape index (κ3) is 4.22. The van der Waals surface area contributed by atoms with Gasteiger partial charge in [0, 0.05) is 23.2 Å². The highest BCUT2D eigenvalue weighted by molar-refractivity contribution is 7.92. The van der Waals surface area contributed by atoms with Crippen LogP contribution in [0.4, 0.5) is 17.1 Å². The van der Waals surface area contributed by atoms with Gasteiger partial charge in [-0.1, -0.05) is 42.5 Å². The van der Waals surface area contributed by atoms with Crippen LogP contribution in [0.25, 0.3) is 10.8 Å². The Morgan fingerprint density at radius 3 is 2.26 bits per heavy atom. The molecule has 0 radical (unpaired) electrons. The molecule has 4 aromatic carbocycles. The minimum atomic E-state index is -4.12. The summed E-state index contributed by atoms with van der Waals surface area (Å²) in [5.41, 5.74) is 3.04. The largest absolute Gasteiger partial charge is 0.324 e. The number of aryl methyl sites for hydroxylation is 2. The summed E-state index contributed by atoms with van der Waals surface area (Å²) in [7, 11) is -4.12. The molecule has 1 N–H and O–H groups in total. The highest BCUT2D eigenvalue weighted by Crippen LogP contribution is 2.35. The van der Waals surface area contributed by atoms with Crippen molar-refractivity contribution in [2.75, 3.05) is 16.2 Å². The Morgan fingerprint density at radius 1 is 0.886 bits per heavy atom. The second kappa shape index (κ2) is 8.84. The normalized spacial score (nSPS) is 12.5. The molecule has 0 saturated carbocycles. The SMILES string of the molecule is O=C(CN(c1ccc([N+](=O)[O-])cc1)S(=O)(=O)c1ccccc1)Nc1ccc2c3c(cccc13)CC2. The number of benzene rings is 4. The van der Waals surface area contributed by atoms with Gasteiger partial charge >= 0.3 is 0 Å². The lowest BCUT2D eigenvalue weighted by Gasteiger charge is -2.24. The number of nitro benzene ring substituents is 1. The molecular weight excluding hydrogens is 466 g/mol. The first-order chi connectivity index (χ1) is 16.8. The lowest BCUT2D eigenvalue weighted by molar-refractivity contribution is -0.384. The molecule has 0 spiro atoms. The Kier molecular flexibility index (Phi) is 5.70. The third-order valence-corrected chi connectivity index (χ3v) is 7.91. The van der Waals surface area contributed by atoms with Crippen molar-refractivity contribution in [3.63, 3.8) is 0 Å². The Hall–Kier alpha value is -4.24. The van der Waals surface area contributed by atoms with Gasteiger partial charge in [0.25, 0.3) is 15.7 Å². The van der Waals surface area contributed by atoms with Gasteiger partial charge in [-0.2, -0.15) is 0 Å². The summed E-state index contributed by atoms with van der Waals surface area (Å²) in [4.78, 5) is 23.6. The summed E-state index contributed by atoms with van der Waals surface area (Å²) >= 11 is 0. The average Bonchev–Trinajstić information content (AvgIpc) is 3.29. The summed E-state index contributed by atoms with van der Waals surface area (Å²) in [5, 5.41) is 16.0. The van der Waals surface area contributed by atoms with Crippen molar-refractivity contribution in [1.82, 2.24) is 0 Å². The van der Waals surface area contributed by atoms with Crippen molar-refractivity contribution in [1.29, 1.82) is 0 Å². The van der Waals surface area contributed by atoms with Gasteiger partial charge in [0.1, 0.15) is 6.54 Å². The number of nitrogens with one attached hydrogen (secondary N) is 1. The zero-order valence-corrected chi connectivity index (χ0v) is 19.4. The van der Waals surface area contributed by atoms with E-state index in [0.29, 0.717) is 5.69 Å². The van der Waals surface area contributed by atoms with Gasteiger partial charge in [0.15, 0.2) is 0 Å². The number of carbonyl (C=O) groups is 1. The molecule has 0 unspecified atom stereocenters. The van der Waals surface area contributed by atoms with E-state index in [4.69, 9.17) is 0 Å². The van der Waals surface area contributed by atoms with Gasteiger partial charge in [-0.15, -0.1) is 0 Å². The van der Waals surface area contributed by atoms with Crippen LogP contribution < -0.4 is 9.62 Å². The van der Waals surface area contributed by atoms with E-state index in [9.17, 15) is 23.3 Å². The maximum atomic E-state index is 13.5. The summed E-state index contributed by atoms with van der Waals surface area (Å²) in [6.07, 6.45) is 1.90. The van der Waals surface area contributed by atoms with Gasteiger partial charge in [0.2, 0.25) is 5.91 Å². The lowest BCUT2D eigenvalue weighted by Crippen LogP contribution is -2.38. The maximum Gasteiger partial charge on any atom is 0.269 e. The van der Waals surface area contributed by atoms with Crippen LogP contribution in [0.3, 0.4) is 0 Å². The molecule has 0 fully saturated rings. The van der Waals surface area contributed by atoms with Crippen LogP contribution in [0.1, 0.15) is 11.1 Å². The number of nitro groups is 1. The first-order valence-corrected chi connectivity index (χ1v) is 12.4. The van der Waals surface area contributed by atoms with E-state index < -0.39 is 27.4 Å². The van der Waals surface area contributed by atoms with Crippen molar-refractivity contribution < 1.29 is 18.1 Å². The van der Waals surface area contributed by atoms with Gasteiger partial charge in [-0.3, -0.25) is 19.2 Å². The molecule has 0 aromatic heterocycles. The smallest absolute Gasteiger partial charge is 0.269 e.